The molecular formula is C13H17NO. The second-order valence-corrected chi connectivity index (χ2v) is 3.90. The third-order valence-electron chi connectivity index (χ3n) is 2.75. The van der Waals surface area contributed by atoms with Crippen LogP contribution in [0.4, 0.5) is 0 Å². The van der Waals surface area contributed by atoms with Crippen LogP contribution in [0.3, 0.4) is 0 Å². The van der Waals surface area contributed by atoms with Crippen molar-refractivity contribution in [2.24, 2.45) is 0 Å². The fraction of sp³-hybridized carbons (Fsp3) is 0.385. The van der Waals surface area contributed by atoms with Gasteiger partial charge >= 0.3 is 0 Å². The summed E-state index contributed by atoms with van der Waals surface area (Å²) in [6.45, 7) is 4.61. The van der Waals surface area contributed by atoms with Crippen molar-refractivity contribution in [2.75, 3.05) is 13.2 Å². The second kappa shape index (κ2) is 5.10. The van der Waals surface area contributed by atoms with Crippen LogP contribution in [0.15, 0.2) is 42.0 Å². The largest absolute Gasteiger partial charge is 0.375 e. The SMILES string of the molecule is CC1=CCOCC1NCc1ccccc1. The molecule has 1 unspecified atom stereocenters. The van der Waals surface area contributed by atoms with Crippen LogP contribution in [0.2, 0.25) is 0 Å². The van der Waals surface area contributed by atoms with E-state index in [-0.39, 0.29) is 0 Å². The number of hydrogen-bond acceptors (Lipinski definition) is 2. The summed E-state index contributed by atoms with van der Waals surface area (Å²) >= 11 is 0. The summed E-state index contributed by atoms with van der Waals surface area (Å²) in [5.74, 6) is 0. The van der Waals surface area contributed by atoms with Crippen molar-refractivity contribution in [3.05, 3.63) is 47.5 Å². The Bertz CT molecular complexity index is 332. The van der Waals surface area contributed by atoms with Crippen LogP contribution in [0, 0.1) is 0 Å². The second-order valence-electron chi connectivity index (χ2n) is 3.90. The first-order valence-electron chi connectivity index (χ1n) is 5.38. The van der Waals surface area contributed by atoms with Crippen LogP contribution in [-0.4, -0.2) is 19.3 Å². The Labute approximate surface area is 91.0 Å². The molecule has 1 aliphatic heterocycles. The lowest BCUT2D eigenvalue weighted by atomic mass is 10.1. The minimum absolute atomic E-state index is 0.374. The summed E-state index contributed by atoms with van der Waals surface area (Å²) in [7, 11) is 0. The van der Waals surface area contributed by atoms with E-state index in [1.54, 1.807) is 0 Å². The molecule has 80 valence electrons. The smallest absolute Gasteiger partial charge is 0.0662 e. The average molecular weight is 203 g/mol. The Morgan fingerprint density at radius 1 is 1.33 bits per heavy atom. The molecule has 0 aliphatic carbocycles. The molecule has 0 radical (unpaired) electrons. The van der Waals surface area contributed by atoms with Gasteiger partial charge in [0, 0.05) is 6.54 Å². The van der Waals surface area contributed by atoms with Gasteiger partial charge in [0.05, 0.1) is 19.3 Å². The van der Waals surface area contributed by atoms with E-state index in [4.69, 9.17) is 4.74 Å². The molecule has 0 bridgehead atoms. The minimum atomic E-state index is 0.374. The van der Waals surface area contributed by atoms with Crippen molar-refractivity contribution in [3.63, 3.8) is 0 Å². The van der Waals surface area contributed by atoms with Gasteiger partial charge in [-0.05, 0) is 12.5 Å². The van der Waals surface area contributed by atoms with Gasteiger partial charge in [0.2, 0.25) is 0 Å². The van der Waals surface area contributed by atoms with Crippen LogP contribution in [0.1, 0.15) is 12.5 Å². The monoisotopic (exact) mass is 203 g/mol. The van der Waals surface area contributed by atoms with Crippen LogP contribution < -0.4 is 5.32 Å². The molecule has 1 heterocycles. The topological polar surface area (TPSA) is 21.3 Å². The fourth-order valence-electron chi connectivity index (χ4n) is 1.71. The van der Waals surface area contributed by atoms with E-state index in [0.29, 0.717) is 6.04 Å². The molecule has 0 spiro atoms. The van der Waals surface area contributed by atoms with Crippen LogP contribution in [0.25, 0.3) is 0 Å². The molecule has 2 nitrogen and oxygen atoms in total. The molecule has 0 aromatic heterocycles. The Hall–Kier alpha value is -1.12. The quantitative estimate of drug-likeness (QED) is 0.760. The number of ether oxygens (including phenoxy) is 1. The van der Waals surface area contributed by atoms with Gasteiger partial charge in [-0.1, -0.05) is 42.0 Å². The Morgan fingerprint density at radius 2 is 2.13 bits per heavy atom. The molecule has 2 heteroatoms. The highest BCUT2D eigenvalue weighted by atomic mass is 16.5. The van der Waals surface area contributed by atoms with Crippen molar-refractivity contribution >= 4 is 0 Å². The van der Waals surface area contributed by atoms with E-state index in [0.717, 1.165) is 19.8 Å². The normalized spacial score (nSPS) is 21.1. The standard InChI is InChI=1S/C13H17NO/c1-11-7-8-15-10-13(11)14-9-12-5-3-2-4-6-12/h2-7,13-14H,8-10H2,1H3. The van der Waals surface area contributed by atoms with Gasteiger partial charge in [0.15, 0.2) is 0 Å². The molecule has 0 fully saturated rings. The van der Waals surface area contributed by atoms with E-state index < -0.39 is 0 Å². The van der Waals surface area contributed by atoms with E-state index >= 15 is 0 Å². The zero-order valence-corrected chi connectivity index (χ0v) is 9.07. The minimum Gasteiger partial charge on any atom is -0.375 e. The van der Waals surface area contributed by atoms with Crippen molar-refractivity contribution < 1.29 is 4.74 Å². The molecule has 0 amide bonds. The van der Waals surface area contributed by atoms with Crippen LogP contribution >= 0.6 is 0 Å². The maximum absolute atomic E-state index is 5.40. The summed E-state index contributed by atoms with van der Waals surface area (Å²) in [6, 6.07) is 10.8. The van der Waals surface area contributed by atoms with Gasteiger partial charge in [-0.3, -0.25) is 0 Å². The molecule has 0 saturated carbocycles. The van der Waals surface area contributed by atoms with E-state index in [2.05, 4.69) is 42.6 Å². The highest BCUT2D eigenvalue weighted by Gasteiger charge is 2.13. The molecule has 1 aromatic rings. The molecular weight excluding hydrogens is 186 g/mol. The summed E-state index contributed by atoms with van der Waals surface area (Å²) in [4.78, 5) is 0. The average Bonchev–Trinajstić information content (AvgIpc) is 2.29. The zero-order chi connectivity index (χ0) is 10.5. The summed E-state index contributed by atoms with van der Waals surface area (Å²) < 4.78 is 5.40. The lowest BCUT2D eigenvalue weighted by Gasteiger charge is -2.23. The van der Waals surface area contributed by atoms with Crippen LogP contribution in [-0.2, 0) is 11.3 Å². The first-order chi connectivity index (χ1) is 7.36. The first-order valence-corrected chi connectivity index (χ1v) is 5.38. The number of nitrogens with one attached hydrogen (secondary N) is 1. The maximum Gasteiger partial charge on any atom is 0.0662 e. The predicted molar refractivity (Wildman–Crippen MR) is 61.6 cm³/mol. The van der Waals surface area contributed by atoms with Gasteiger partial charge in [-0.15, -0.1) is 0 Å². The van der Waals surface area contributed by atoms with Gasteiger partial charge < -0.3 is 10.1 Å². The molecule has 0 saturated heterocycles. The number of rotatable bonds is 3. The summed E-state index contributed by atoms with van der Waals surface area (Å²) in [5.41, 5.74) is 2.70. The van der Waals surface area contributed by atoms with Gasteiger partial charge in [0.25, 0.3) is 0 Å². The predicted octanol–water partition coefficient (Wildman–Crippen LogP) is 2.12. The summed E-state index contributed by atoms with van der Waals surface area (Å²) in [5, 5.41) is 3.49. The zero-order valence-electron chi connectivity index (χ0n) is 9.07. The summed E-state index contributed by atoms with van der Waals surface area (Å²) in [6.07, 6.45) is 2.14. The molecule has 2 rings (SSSR count). The number of hydrogen-bond donors (Lipinski definition) is 1. The van der Waals surface area contributed by atoms with E-state index in [9.17, 15) is 0 Å². The maximum atomic E-state index is 5.40. The Morgan fingerprint density at radius 3 is 2.87 bits per heavy atom. The molecule has 1 atom stereocenters. The Balaban J connectivity index is 1.88. The van der Waals surface area contributed by atoms with Crippen molar-refractivity contribution in [1.29, 1.82) is 0 Å². The van der Waals surface area contributed by atoms with Crippen molar-refractivity contribution in [1.82, 2.24) is 5.32 Å². The third-order valence-corrected chi connectivity index (χ3v) is 2.75. The Kier molecular flexibility index (Phi) is 3.54. The highest BCUT2D eigenvalue weighted by molar-refractivity contribution is 5.16. The van der Waals surface area contributed by atoms with Gasteiger partial charge in [0.1, 0.15) is 0 Å². The van der Waals surface area contributed by atoms with E-state index in [1.165, 1.54) is 11.1 Å². The highest BCUT2D eigenvalue weighted by Crippen LogP contribution is 2.08. The molecule has 1 aliphatic rings. The number of benzene rings is 1. The van der Waals surface area contributed by atoms with Gasteiger partial charge in [-0.2, -0.15) is 0 Å². The molecule has 1 aromatic carbocycles. The third kappa shape index (κ3) is 2.91. The molecule has 1 N–H and O–H groups in total. The lowest BCUT2D eigenvalue weighted by molar-refractivity contribution is 0.131. The van der Waals surface area contributed by atoms with Crippen molar-refractivity contribution in [2.45, 2.75) is 19.5 Å². The molecule has 15 heavy (non-hydrogen) atoms. The fourth-order valence-corrected chi connectivity index (χ4v) is 1.71. The van der Waals surface area contributed by atoms with Crippen LogP contribution in [0.5, 0.6) is 0 Å². The lowest BCUT2D eigenvalue weighted by Crippen LogP contribution is -2.36. The van der Waals surface area contributed by atoms with E-state index in [1.807, 2.05) is 6.07 Å². The van der Waals surface area contributed by atoms with Gasteiger partial charge in [-0.25, -0.2) is 0 Å². The first kappa shape index (κ1) is 10.4. The van der Waals surface area contributed by atoms with Crippen molar-refractivity contribution in [3.8, 4) is 0 Å².